The summed E-state index contributed by atoms with van der Waals surface area (Å²) in [5, 5.41) is 17.1. The molecule has 0 saturated carbocycles. The number of rotatable bonds is 7. The standard InChI is InChI=1S/C26H28ClN5O2/c1-32-11-8-19(9-12-32)31-26(33)21-16-29-23-5-3-17(7-10-28)13-20(23)25(21)30-15-18-4-6-24(34-2)22(27)14-18/h3-6,13-14,16,19H,7-9,11-12,15H2,1-2H3,(H,29,30)(H,31,33). The Morgan fingerprint density at radius 1 is 1.24 bits per heavy atom. The lowest BCUT2D eigenvalue weighted by molar-refractivity contribution is 0.0917. The number of hydrogen-bond donors (Lipinski definition) is 2. The molecule has 34 heavy (non-hydrogen) atoms. The second kappa shape index (κ2) is 10.7. The number of aromatic nitrogens is 1. The molecule has 1 aliphatic rings. The van der Waals surface area contributed by atoms with E-state index in [1.54, 1.807) is 13.3 Å². The van der Waals surface area contributed by atoms with Crippen LogP contribution in [-0.2, 0) is 13.0 Å². The highest BCUT2D eigenvalue weighted by molar-refractivity contribution is 6.32. The zero-order chi connectivity index (χ0) is 24.1. The topological polar surface area (TPSA) is 90.3 Å². The molecule has 0 radical (unpaired) electrons. The van der Waals surface area contributed by atoms with E-state index in [-0.39, 0.29) is 18.4 Å². The van der Waals surface area contributed by atoms with E-state index in [0.717, 1.165) is 48.0 Å². The lowest BCUT2D eigenvalue weighted by Gasteiger charge is -2.29. The molecule has 3 aromatic rings. The summed E-state index contributed by atoms with van der Waals surface area (Å²) in [7, 11) is 3.67. The number of amides is 1. The van der Waals surface area contributed by atoms with E-state index in [9.17, 15) is 4.79 Å². The number of halogens is 1. The molecule has 0 atom stereocenters. The molecule has 2 aromatic carbocycles. The lowest BCUT2D eigenvalue weighted by atomic mass is 10.0. The number of hydrogen-bond acceptors (Lipinski definition) is 6. The molecule has 1 saturated heterocycles. The van der Waals surface area contributed by atoms with Crippen molar-refractivity contribution in [2.45, 2.75) is 31.8 Å². The summed E-state index contributed by atoms with van der Waals surface area (Å²) in [5.41, 5.74) is 3.76. The highest BCUT2D eigenvalue weighted by Gasteiger charge is 2.22. The second-order valence-corrected chi connectivity index (χ2v) is 9.01. The molecule has 176 valence electrons. The number of ether oxygens (including phenoxy) is 1. The lowest BCUT2D eigenvalue weighted by Crippen LogP contribution is -2.43. The fourth-order valence-corrected chi connectivity index (χ4v) is 4.51. The minimum atomic E-state index is -0.148. The zero-order valence-corrected chi connectivity index (χ0v) is 20.2. The smallest absolute Gasteiger partial charge is 0.255 e. The van der Waals surface area contributed by atoms with Gasteiger partial charge in [-0.1, -0.05) is 23.7 Å². The molecule has 7 nitrogen and oxygen atoms in total. The van der Waals surface area contributed by atoms with Crippen LogP contribution in [0.4, 0.5) is 5.69 Å². The molecule has 0 aliphatic carbocycles. The van der Waals surface area contributed by atoms with Crippen molar-refractivity contribution in [3.05, 3.63) is 64.3 Å². The number of methoxy groups -OCH3 is 1. The van der Waals surface area contributed by atoms with Crippen molar-refractivity contribution in [2.75, 3.05) is 32.6 Å². The number of fused-ring (bicyclic) bond motifs is 1. The SMILES string of the molecule is COc1ccc(CNc2c(C(=O)NC3CCN(C)CC3)cnc3ccc(CC#N)cc23)cc1Cl. The number of nitrogens with one attached hydrogen (secondary N) is 2. The number of carbonyl (C=O) groups excluding carboxylic acids is 1. The Hall–Kier alpha value is -3.34. The van der Waals surface area contributed by atoms with Gasteiger partial charge in [0, 0.05) is 24.2 Å². The van der Waals surface area contributed by atoms with Crippen LogP contribution in [0, 0.1) is 11.3 Å². The van der Waals surface area contributed by atoms with Crippen molar-refractivity contribution in [3.8, 4) is 11.8 Å². The first-order valence-electron chi connectivity index (χ1n) is 11.3. The molecule has 1 amide bonds. The van der Waals surface area contributed by atoms with Gasteiger partial charge < -0.3 is 20.3 Å². The maximum atomic E-state index is 13.3. The summed E-state index contributed by atoms with van der Waals surface area (Å²) in [6, 6.07) is 13.6. The molecule has 2 heterocycles. The first-order valence-corrected chi connectivity index (χ1v) is 11.7. The van der Waals surface area contributed by atoms with Crippen molar-refractivity contribution in [3.63, 3.8) is 0 Å². The first kappa shape index (κ1) is 23.8. The Morgan fingerprint density at radius 2 is 2.00 bits per heavy atom. The van der Waals surface area contributed by atoms with Gasteiger partial charge in [0.1, 0.15) is 5.75 Å². The van der Waals surface area contributed by atoms with Crippen LogP contribution in [0.25, 0.3) is 10.9 Å². The monoisotopic (exact) mass is 477 g/mol. The molecule has 0 bridgehead atoms. The zero-order valence-electron chi connectivity index (χ0n) is 19.4. The van der Waals surface area contributed by atoms with E-state index >= 15 is 0 Å². The van der Waals surface area contributed by atoms with E-state index in [2.05, 4.69) is 33.6 Å². The van der Waals surface area contributed by atoms with Gasteiger partial charge in [0.25, 0.3) is 5.91 Å². The molecule has 1 aliphatic heterocycles. The molecular weight excluding hydrogens is 450 g/mol. The van der Waals surface area contributed by atoms with Gasteiger partial charge in [0.15, 0.2) is 0 Å². The molecule has 0 unspecified atom stereocenters. The van der Waals surface area contributed by atoms with Crippen LogP contribution >= 0.6 is 11.6 Å². The Bertz CT molecular complexity index is 1230. The van der Waals surface area contributed by atoms with Crippen molar-refractivity contribution < 1.29 is 9.53 Å². The highest BCUT2D eigenvalue weighted by atomic mass is 35.5. The van der Waals surface area contributed by atoms with Crippen LogP contribution in [0.15, 0.2) is 42.6 Å². The minimum absolute atomic E-state index is 0.137. The molecule has 0 spiro atoms. The van der Waals surface area contributed by atoms with Crippen LogP contribution < -0.4 is 15.4 Å². The van der Waals surface area contributed by atoms with Gasteiger partial charge in [-0.3, -0.25) is 9.78 Å². The van der Waals surface area contributed by atoms with Gasteiger partial charge in [-0.2, -0.15) is 5.26 Å². The van der Waals surface area contributed by atoms with Crippen LogP contribution in [0.5, 0.6) is 5.75 Å². The van der Waals surface area contributed by atoms with Crippen LogP contribution in [0.2, 0.25) is 5.02 Å². The number of carbonyl (C=O) groups is 1. The maximum absolute atomic E-state index is 13.3. The summed E-state index contributed by atoms with van der Waals surface area (Å²) in [4.78, 5) is 20.1. The normalized spacial score (nSPS) is 14.5. The van der Waals surface area contributed by atoms with Crippen LogP contribution in [0.1, 0.15) is 34.3 Å². The molecule has 2 N–H and O–H groups in total. The summed E-state index contributed by atoms with van der Waals surface area (Å²) in [6.07, 6.45) is 3.75. The van der Waals surface area contributed by atoms with Gasteiger partial charge in [-0.15, -0.1) is 0 Å². The molecular formula is C26H28ClN5O2. The third kappa shape index (κ3) is 5.41. The molecule has 8 heteroatoms. The van der Waals surface area contributed by atoms with E-state index in [1.807, 2.05) is 36.4 Å². The van der Waals surface area contributed by atoms with E-state index in [4.69, 9.17) is 21.6 Å². The Morgan fingerprint density at radius 3 is 2.71 bits per heavy atom. The number of piperidine rings is 1. The number of nitrogens with zero attached hydrogens (tertiary/aromatic N) is 3. The number of anilines is 1. The predicted molar refractivity (Wildman–Crippen MR) is 134 cm³/mol. The van der Waals surface area contributed by atoms with E-state index < -0.39 is 0 Å². The predicted octanol–water partition coefficient (Wildman–Crippen LogP) is 4.40. The molecule has 4 rings (SSSR count). The number of benzene rings is 2. The maximum Gasteiger partial charge on any atom is 0.255 e. The summed E-state index contributed by atoms with van der Waals surface area (Å²) < 4.78 is 5.24. The largest absolute Gasteiger partial charge is 0.495 e. The average Bonchev–Trinajstić information content (AvgIpc) is 2.84. The van der Waals surface area contributed by atoms with Crippen molar-refractivity contribution >= 4 is 34.1 Å². The average molecular weight is 478 g/mol. The van der Waals surface area contributed by atoms with Crippen molar-refractivity contribution in [1.82, 2.24) is 15.2 Å². The second-order valence-electron chi connectivity index (χ2n) is 8.61. The quantitative estimate of drug-likeness (QED) is 0.524. The fraction of sp³-hybridized carbons (Fsp3) is 0.346. The number of nitriles is 1. The van der Waals surface area contributed by atoms with Crippen LogP contribution in [-0.4, -0.2) is 49.1 Å². The summed E-state index contributed by atoms with van der Waals surface area (Å²) in [6.45, 7) is 2.38. The number of likely N-dealkylation sites (tertiary alicyclic amines) is 1. The summed E-state index contributed by atoms with van der Waals surface area (Å²) >= 11 is 6.30. The van der Waals surface area contributed by atoms with Gasteiger partial charge in [0.05, 0.1) is 41.4 Å². The third-order valence-corrected chi connectivity index (χ3v) is 6.49. The van der Waals surface area contributed by atoms with Gasteiger partial charge in [0.2, 0.25) is 0 Å². The third-order valence-electron chi connectivity index (χ3n) is 6.20. The van der Waals surface area contributed by atoms with Gasteiger partial charge in [-0.25, -0.2) is 0 Å². The molecule has 1 fully saturated rings. The first-order chi connectivity index (χ1) is 16.5. The Labute approximate surface area is 204 Å². The van der Waals surface area contributed by atoms with Gasteiger partial charge in [-0.05, 0) is 68.4 Å². The Balaban J connectivity index is 1.66. The Kier molecular flexibility index (Phi) is 7.51. The van der Waals surface area contributed by atoms with Gasteiger partial charge >= 0.3 is 0 Å². The molecule has 1 aromatic heterocycles. The van der Waals surface area contributed by atoms with E-state index in [1.165, 1.54) is 0 Å². The minimum Gasteiger partial charge on any atom is -0.495 e. The van der Waals surface area contributed by atoms with Crippen LogP contribution in [0.3, 0.4) is 0 Å². The van der Waals surface area contributed by atoms with E-state index in [0.29, 0.717) is 28.6 Å². The highest BCUT2D eigenvalue weighted by Crippen LogP contribution is 2.30. The summed E-state index contributed by atoms with van der Waals surface area (Å²) in [5.74, 6) is 0.462. The number of pyridine rings is 1. The van der Waals surface area contributed by atoms with Crippen molar-refractivity contribution in [2.24, 2.45) is 0 Å². The fourth-order valence-electron chi connectivity index (χ4n) is 4.23. The van der Waals surface area contributed by atoms with Crippen molar-refractivity contribution in [1.29, 1.82) is 5.26 Å².